The first-order chi connectivity index (χ1) is 9.11. The topological polar surface area (TPSA) is 67.1 Å². The second-order valence-corrected chi connectivity index (χ2v) is 6.49. The molecule has 1 atom stereocenters. The van der Waals surface area contributed by atoms with Crippen LogP contribution in [0.5, 0.6) is 0 Å². The van der Waals surface area contributed by atoms with Crippen LogP contribution in [0.25, 0.3) is 10.2 Å². The van der Waals surface area contributed by atoms with Crippen molar-refractivity contribution in [3.8, 4) is 0 Å². The molecular weight excluding hydrogens is 258 g/mol. The van der Waals surface area contributed by atoms with Crippen molar-refractivity contribution in [2.24, 2.45) is 0 Å². The highest BCUT2D eigenvalue weighted by Crippen LogP contribution is 2.29. The van der Waals surface area contributed by atoms with Gasteiger partial charge in [-0.1, -0.05) is 0 Å². The third-order valence-electron chi connectivity index (χ3n) is 3.50. The summed E-state index contributed by atoms with van der Waals surface area (Å²) >= 11 is 1.66. The van der Waals surface area contributed by atoms with Crippen LogP contribution >= 0.6 is 11.3 Å². The van der Waals surface area contributed by atoms with Crippen LogP contribution in [0.15, 0.2) is 6.07 Å². The Bertz CT molecular complexity index is 594. The van der Waals surface area contributed by atoms with E-state index in [0.29, 0.717) is 12.0 Å². The van der Waals surface area contributed by atoms with Crippen LogP contribution in [0.1, 0.15) is 17.7 Å². The highest BCUT2D eigenvalue weighted by Gasteiger charge is 2.19. The zero-order valence-electron chi connectivity index (χ0n) is 11.3. The maximum atomic E-state index is 5.80. The lowest BCUT2D eigenvalue weighted by atomic mass is 10.1. The lowest BCUT2D eigenvalue weighted by molar-refractivity contribution is 0.261. The summed E-state index contributed by atoms with van der Waals surface area (Å²) in [6.07, 6.45) is 2.40. The zero-order valence-corrected chi connectivity index (χ0v) is 12.1. The van der Waals surface area contributed by atoms with Crippen molar-refractivity contribution in [3.05, 3.63) is 10.9 Å². The molecule has 0 amide bonds. The molecule has 0 spiro atoms. The Labute approximate surface area is 116 Å². The van der Waals surface area contributed by atoms with E-state index in [9.17, 15) is 0 Å². The number of aryl methyl sites for hydroxylation is 1. The van der Waals surface area contributed by atoms with Gasteiger partial charge in [0, 0.05) is 17.5 Å². The van der Waals surface area contributed by atoms with E-state index in [2.05, 4.69) is 40.2 Å². The van der Waals surface area contributed by atoms with Gasteiger partial charge in [0.05, 0.1) is 5.39 Å². The molecule has 0 aromatic carbocycles. The highest BCUT2D eigenvalue weighted by molar-refractivity contribution is 7.18. The maximum absolute atomic E-state index is 5.80. The Balaban J connectivity index is 1.91. The number of nitrogens with zero attached hydrogens (tertiary/aromatic N) is 3. The Kier molecular flexibility index (Phi) is 3.28. The summed E-state index contributed by atoms with van der Waals surface area (Å²) in [5, 5.41) is 4.63. The summed E-state index contributed by atoms with van der Waals surface area (Å²) in [4.78, 5) is 13.2. The Morgan fingerprint density at radius 1 is 1.47 bits per heavy atom. The van der Waals surface area contributed by atoms with Gasteiger partial charge in [-0.3, -0.25) is 0 Å². The molecule has 2 aromatic heterocycles. The van der Waals surface area contributed by atoms with Crippen LogP contribution in [0, 0.1) is 6.92 Å². The van der Waals surface area contributed by atoms with E-state index in [0.717, 1.165) is 22.6 Å². The van der Waals surface area contributed by atoms with Gasteiger partial charge in [0.25, 0.3) is 0 Å². The summed E-state index contributed by atoms with van der Waals surface area (Å²) in [5.41, 5.74) is 5.80. The first-order valence-electron chi connectivity index (χ1n) is 6.60. The molecule has 6 heteroatoms. The molecule has 1 saturated heterocycles. The quantitative estimate of drug-likeness (QED) is 0.880. The fourth-order valence-corrected chi connectivity index (χ4v) is 3.53. The summed E-state index contributed by atoms with van der Waals surface area (Å²) in [7, 11) is 2.16. The number of nitrogen functional groups attached to an aromatic ring is 1. The molecule has 0 saturated carbocycles. The number of likely N-dealkylation sites (tertiary alicyclic amines) is 1. The first kappa shape index (κ1) is 12.6. The lowest BCUT2D eigenvalue weighted by Gasteiger charge is -2.30. The number of likely N-dealkylation sites (N-methyl/N-ethyl adjacent to an activating group) is 1. The number of rotatable bonds is 2. The van der Waals surface area contributed by atoms with E-state index in [-0.39, 0.29) is 0 Å². The average molecular weight is 277 g/mol. The van der Waals surface area contributed by atoms with Gasteiger partial charge >= 0.3 is 0 Å². The van der Waals surface area contributed by atoms with Crippen molar-refractivity contribution in [1.82, 2.24) is 14.9 Å². The van der Waals surface area contributed by atoms with E-state index in [4.69, 9.17) is 5.73 Å². The van der Waals surface area contributed by atoms with Gasteiger partial charge in [0.1, 0.15) is 10.6 Å². The molecule has 0 aliphatic carbocycles. The largest absolute Gasteiger partial charge is 0.368 e. The van der Waals surface area contributed by atoms with Crippen LogP contribution in [-0.4, -0.2) is 41.0 Å². The van der Waals surface area contributed by atoms with Gasteiger partial charge < -0.3 is 16.0 Å². The van der Waals surface area contributed by atoms with Crippen molar-refractivity contribution in [2.45, 2.75) is 25.8 Å². The van der Waals surface area contributed by atoms with Crippen LogP contribution in [0.2, 0.25) is 0 Å². The second-order valence-electron chi connectivity index (χ2n) is 5.25. The SMILES string of the molecule is Cc1cc2c(NC3CCCN(C)C3)nc(N)nc2s1. The minimum Gasteiger partial charge on any atom is -0.368 e. The fraction of sp³-hybridized carbons (Fsp3) is 0.538. The monoisotopic (exact) mass is 277 g/mol. The third-order valence-corrected chi connectivity index (χ3v) is 4.44. The Morgan fingerprint density at radius 3 is 3.11 bits per heavy atom. The minimum absolute atomic E-state index is 0.348. The van der Waals surface area contributed by atoms with Gasteiger partial charge in [-0.2, -0.15) is 4.98 Å². The first-order valence-corrected chi connectivity index (χ1v) is 7.42. The van der Waals surface area contributed by atoms with Crippen LogP contribution in [0.3, 0.4) is 0 Å². The third kappa shape index (κ3) is 2.64. The van der Waals surface area contributed by atoms with Gasteiger partial charge in [0.15, 0.2) is 0 Å². The Hall–Kier alpha value is -1.40. The van der Waals surface area contributed by atoms with Gasteiger partial charge in [-0.25, -0.2) is 4.98 Å². The molecule has 102 valence electrons. The fourth-order valence-electron chi connectivity index (χ4n) is 2.65. The molecular formula is C13H19N5S. The lowest BCUT2D eigenvalue weighted by Crippen LogP contribution is -2.39. The maximum Gasteiger partial charge on any atom is 0.223 e. The van der Waals surface area contributed by atoms with Crippen LogP contribution in [-0.2, 0) is 0 Å². The minimum atomic E-state index is 0.348. The zero-order chi connectivity index (χ0) is 13.4. The molecule has 3 rings (SSSR count). The molecule has 1 aliphatic rings. The van der Waals surface area contributed by atoms with Gasteiger partial charge in [-0.15, -0.1) is 11.3 Å². The summed E-state index contributed by atoms with van der Waals surface area (Å²) < 4.78 is 0. The van der Waals surface area contributed by atoms with Crippen molar-refractivity contribution < 1.29 is 0 Å². The standard InChI is InChI=1S/C13H19N5S/c1-8-6-10-11(16-13(14)17-12(10)19-8)15-9-4-3-5-18(2)7-9/h6,9H,3-5,7H2,1-2H3,(H3,14,15,16,17). The predicted molar refractivity (Wildman–Crippen MR) is 80.7 cm³/mol. The predicted octanol–water partition coefficient (Wildman–Crippen LogP) is 2.09. The van der Waals surface area contributed by atoms with Gasteiger partial charge in [0.2, 0.25) is 5.95 Å². The normalized spacial score (nSPS) is 20.8. The smallest absolute Gasteiger partial charge is 0.223 e. The van der Waals surface area contributed by atoms with E-state index >= 15 is 0 Å². The molecule has 19 heavy (non-hydrogen) atoms. The second kappa shape index (κ2) is 4.94. The molecule has 5 nitrogen and oxygen atoms in total. The molecule has 0 bridgehead atoms. The van der Waals surface area contributed by atoms with Crippen LogP contribution < -0.4 is 11.1 Å². The molecule has 3 N–H and O–H groups in total. The average Bonchev–Trinajstić information content (AvgIpc) is 2.69. The van der Waals surface area contributed by atoms with E-state index in [1.165, 1.54) is 24.3 Å². The molecule has 1 fully saturated rings. The highest BCUT2D eigenvalue weighted by atomic mass is 32.1. The number of nitrogens with two attached hydrogens (primary N) is 1. The number of piperidine rings is 1. The number of thiophene rings is 1. The van der Waals surface area contributed by atoms with E-state index in [1.54, 1.807) is 11.3 Å². The number of hydrogen-bond donors (Lipinski definition) is 2. The Morgan fingerprint density at radius 2 is 2.32 bits per heavy atom. The van der Waals surface area contributed by atoms with Crippen molar-refractivity contribution in [3.63, 3.8) is 0 Å². The van der Waals surface area contributed by atoms with Gasteiger partial charge in [-0.05, 0) is 39.4 Å². The summed E-state index contributed by atoms with van der Waals surface area (Å²) in [5.74, 6) is 1.23. The number of fused-ring (bicyclic) bond motifs is 1. The molecule has 1 unspecified atom stereocenters. The van der Waals surface area contributed by atoms with Crippen molar-refractivity contribution in [2.75, 3.05) is 31.2 Å². The number of nitrogens with one attached hydrogen (secondary N) is 1. The van der Waals surface area contributed by atoms with E-state index < -0.39 is 0 Å². The number of aromatic nitrogens is 2. The summed E-state index contributed by atoms with van der Waals surface area (Å²) in [6.45, 7) is 4.31. The molecule has 1 aliphatic heterocycles. The molecule has 0 radical (unpaired) electrons. The molecule has 2 aromatic rings. The number of hydrogen-bond acceptors (Lipinski definition) is 6. The van der Waals surface area contributed by atoms with Crippen molar-refractivity contribution >= 4 is 33.3 Å². The van der Waals surface area contributed by atoms with E-state index in [1.807, 2.05) is 0 Å². The molecule has 3 heterocycles. The number of anilines is 2. The van der Waals surface area contributed by atoms with Crippen molar-refractivity contribution in [1.29, 1.82) is 0 Å². The summed E-state index contributed by atoms with van der Waals surface area (Å²) in [6, 6.07) is 2.57. The van der Waals surface area contributed by atoms with Crippen LogP contribution in [0.4, 0.5) is 11.8 Å².